The molecule has 2 amide bonds. The van der Waals surface area contributed by atoms with Crippen LogP contribution in [0.15, 0.2) is 48.8 Å². The Labute approximate surface area is 172 Å². The standard InChI is InChI=1S/C24H31N3O2/c1-24(2,3)20-15-22(28)26-21-14-17(8-11-19(20)21)25-23(29)16-6-9-18(10-7-16)27-12-4-5-13-27/h4-7,9-10,12-13,17,19-21H,8,11,14-15H2,1-3H3,(H,25,29)(H,26,28). The van der Waals surface area contributed by atoms with Crippen molar-refractivity contribution in [3.05, 3.63) is 54.4 Å². The molecule has 2 aromatic rings. The van der Waals surface area contributed by atoms with E-state index in [-0.39, 0.29) is 29.3 Å². The molecule has 4 rings (SSSR count). The van der Waals surface area contributed by atoms with Crippen molar-refractivity contribution in [1.82, 2.24) is 15.2 Å². The second-order valence-electron chi connectivity index (χ2n) is 9.64. The van der Waals surface area contributed by atoms with E-state index >= 15 is 0 Å². The lowest BCUT2D eigenvalue weighted by Crippen LogP contribution is -2.57. The van der Waals surface area contributed by atoms with Gasteiger partial charge in [-0.3, -0.25) is 9.59 Å². The molecule has 0 radical (unpaired) electrons. The Morgan fingerprint density at radius 2 is 1.79 bits per heavy atom. The van der Waals surface area contributed by atoms with Crippen LogP contribution in [0, 0.1) is 17.3 Å². The van der Waals surface area contributed by atoms with Gasteiger partial charge >= 0.3 is 0 Å². The van der Waals surface area contributed by atoms with Crippen molar-refractivity contribution in [3.63, 3.8) is 0 Å². The number of benzene rings is 1. The van der Waals surface area contributed by atoms with E-state index in [0.29, 0.717) is 23.8 Å². The van der Waals surface area contributed by atoms with E-state index < -0.39 is 0 Å². The summed E-state index contributed by atoms with van der Waals surface area (Å²) in [5, 5.41) is 6.39. The average molecular weight is 394 g/mol. The maximum Gasteiger partial charge on any atom is 0.251 e. The van der Waals surface area contributed by atoms with E-state index in [1.165, 1.54) is 0 Å². The first-order chi connectivity index (χ1) is 13.8. The van der Waals surface area contributed by atoms with Gasteiger partial charge in [-0.15, -0.1) is 0 Å². The van der Waals surface area contributed by atoms with Crippen molar-refractivity contribution in [2.45, 2.75) is 58.5 Å². The lowest BCUT2D eigenvalue weighted by atomic mass is 9.62. The van der Waals surface area contributed by atoms with Gasteiger partial charge in [-0.25, -0.2) is 0 Å². The van der Waals surface area contributed by atoms with E-state index in [9.17, 15) is 9.59 Å². The molecule has 0 spiro atoms. The molecule has 0 bridgehead atoms. The fraction of sp³-hybridized carbons (Fsp3) is 0.500. The lowest BCUT2D eigenvalue weighted by molar-refractivity contribution is -0.129. The van der Waals surface area contributed by atoms with Gasteiger partial charge in [0.05, 0.1) is 0 Å². The number of nitrogens with zero attached hydrogens (tertiary/aromatic N) is 1. The van der Waals surface area contributed by atoms with Crippen LogP contribution >= 0.6 is 0 Å². The van der Waals surface area contributed by atoms with Gasteiger partial charge in [0.15, 0.2) is 0 Å². The molecule has 2 heterocycles. The third kappa shape index (κ3) is 4.24. The van der Waals surface area contributed by atoms with Crippen molar-refractivity contribution in [2.24, 2.45) is 17.3 Å². The third-order valence-corrected chi connectivity index (χ3v) is 6.65. The van der Waals surface area contributed by atoms with Crippen molar-refractivity contribution in [3.8, 4) is 5.69 Å². The van der Waals surface area contributed by atoms with Crippen LogP contribution in [0.5, 0.6) is 0 Å². The largest absolute Gasteiger partial charge is 0.353 e. The first kappa shape index (κ1) is 19.7. The van der Waals surface area contributed by atoms with Crippen molar-refractivity contribution in [2.75, 3.05) is 0 Å². The molecule has 2 N–H and O–H groups in total. The first-order valence-corrected chi connectivity index (χ1v) is 10.6. The third-order valence-electron chi connectivity index (χ3n) is 6.65. The van der Waals surface area contributed by atoms with Gasteiger partial charge in [0, 0.05) is 42.1 Å². The summed E-state index contributed by atoms with van der Waals surface area (Å²) in [7, 11) is 0. The van der Waals surface area contributed by atoms with Crippen molar-refractivity contribution < 1.29 is 9.59 Å². The van der Waals surface area contributed by atoms with Crippen LogP contribution in [-0.4, -0.2) is 28.5 Å². The Morgan fingerprint density at radius 3 is 2.45 bits per heavy atom. The Kier molecular flexibility index (Phi) is 5.24. The van der Waals surface area contributed by atoms with Gasteiger partial charge in [0.2, 0.25) is 5.91 Å². The van der Waals surface area contributed by atoms with Crippen LogP contribution in [-0.2, 0) is 4.79 Å². The molecule has 1 aliphatic carbocycles. The Bertz CT molecular complexity index is 865. The molecule has 29 heavy (non-hydrogen) atoms. The molecule has 4 atom stereocenters. The highest BCUT2D eigenvalue weighted by Crippen LogP contribution is 2.44. The van der Waals surface area contributed by atoms with E-state index in [1.54, 1.807) is 0 Å². The fourth-order valence-corrected chi connectivity index (χ4v) is 5.10. The summed E-state index contributed by atoms with van der Waals surface area (Å²) >= 11 is 0. The van der Waals surface area contributed by atoms with Crippen molar-refractivity contribution in [1.29, 1.82) is 0 Å². The molecule has 5 heteroatoms. The predicted octanol–water partition coefficient (Wildman–Crippen LogP) is 3.93. The topological polar surface area (TPSA) is 63.1 Å². The number of piperidine rings is 1. The number of hydrogen-bond acceptors (Lipinski definition) is 2. The minimum absolute atomic E-state index is 0.0398. The molecule has 2 fully saturated rings. The summed E-state index contributed by atoms with van der Waals surface area (Å²) in [6.45, 7) is 6.70. The second-order valence-corrected chi connectivity index (χ2v) is 9.64. The molecule has 1 aromatic carbocycles. The molecule has 1 saturated heterocycles. The Balaban J connectivity index is 1.39. The molecule has 1 aliphatic heterocycles. The number of nitrogens with one attached hydrogen (secondary N) is 2. The van der Waals surface area contributed by atoms with Gasteiger partial charge in [-0.2, -0.15) is 0 Å². The summed E-state index contributed by atoms with van der Waals surface area (Å²) in [5.41, 5.74) is 1.83. The number of aromatic nitrogens is 1. The molecule has 4 unspecified atom stereocenters. The lowest BCUT2D eigenvalue weighted by Gasteiger charge is -2.48. The summed E-state index contributed by atoms with van der Waals surface area (Å²) in [6.07, 6.45) is 7.42. The van der Waals surface area contributed by atoms with E-state index in [1.807, 2.05) is 53.4 Å². The van der Waals surface area contributed by atoms with Gasteiger partial charge in [0.1, 0.15) is 0 Å². The van der Waals surface area contributed by atoms with Crippen LogP contribution in [0.4, 0.5) is 0 Å². The quantitative estimate of drug-likeness (QED) is 0.830. The van der Waals surface area contributed by atoms with Crippen LogP contribution in [0.1, 0.15) is 56.8 Å². The van der Waals surface area contributed by atoms with Gasteiger partial charge in [-0.1, -0.05) is 20.8 Å². The summed E-state index contributed by atoms with van der Waals surface area (Å²) in [6, 6.07) is 11.9. The molecule has 1 aromatic heterocycles. The van der Waals surface area contributed by atoms with Crippen molar-refractivity contribution >= 4 is 11.8 Å². The Morgan fingerprint density at radius 1 is 1.10 bits per heavy atom. The zero-order valence-corrected chi connectivity index (χ0v) is 17.5. The number of amides is 2. The highest BCUT2D eigenvalue weighted by Gasteiger charge is 2.45. The van der Waals surface area contributed by atoms with E-state index in [2.05, 4.69) is 31.4 Å². The van der Waals surface area contributed by atoms with Gasteiger partial charge < -0.3 is 15.2 Å². The van der Waals surface area contributed by atoms with Gasteiger partial charge in [0.25, 0.3) is 5.91 Å². The second kappa shape index (κ2) is 7.69. The zero-order valence-electron chi connectivity index (χ0n) is 17.5. The van der Waals surface area contributed by atoms with Gasteiger partial charge in [-0.05, 0) is 72.9 Å². The Hall–Kier alpha value is -2.56. The predicted molar refractivity (Wildman–Crippen MR) is 114 cm³/mol. The highest BCUT2D eigenvalue weighted by molar-refractivity contribution is 5.94. The zero-order chi connectivity index (χ0) is 20.6. The minimum atomic E-state index is -0.0398. The van der Waals surface area contributed by atoms with E-state index in [0.717, 1.165) is 24.9 Å². The summed E-state index contributed by atoms with van der Waals surface area (Å²) in [4.78, 5) is 25.0. The SMILES string of the molecule is CC(C)(C)C1CC(=O)NC2CC(NC(=O)c3ccc(-n4cccc4)cc3)CCC21. The number of carbonyl (C=O) groups is 2. The molecule has 5 nitrogen and oxygen atoms in total. The molecular formula is C24H31N3O2. The maximum atomic E-state index is 12.8. The number of hydrogen-bond donors (Lipinski definition) is 2. The highest BCUT2D eigenvalue weighted by atomic mass is 16.2. The molecule has 1 saturated carbocycles. The smallest absolute Gasteiger partial charge is 0.251 e. The normalized spacial score (nSPS) is 27.1. The number of carbonyl (C=O) groups excluding carboxylic acids is 2. The summed E-state index contributed by atoms with van der Waals surface area (Å²) < 4.78 is 2.01. The van der Waals surface area contributed by atoms with E-state index in [4.69, 9.17) is 0 Å². The fourth-order valence-electron chi connectivity index (χ4n) is 5.10. The van der Waals surface area contributed by atoms with Crippen LogP contribution in [0.3, 0.4) is 0 Å². The number of rotatable bonds is 3. The number of fused-ring (bicyclic) bond motifs is 1. The summed E-state index contributed by atoms with van der Waals surface area (Å²) in [5.74, 6) is 1.02. The monoisotopic (exact) mass is 393 g/mol. The average Bonchev–Trinajstić information content (AvgIpc) is 3.21. The first-order valence-electron chi connectivity index (χ1n) is 10.6. The maximum absolute atomic E-state index is 12.8. The molecular weight excluding hydrogens is 362 g/mol. The van der Waals surface area contributed by atoms with Crippen LogP contribution in [0.2, 0.25) is 0 Å². The molecule has 2 aliphatic rings. The molecule has 154 valence electrons. The van der Waals surface area contributed by atoms with Crippen LogP contribution < -0.4 is 10.6 Å². The van der Waals surface area contributed by atoms with Crippen LogP contribution in [0.25, 0.3) is 5.69 Å². The minimum Gasteiger partial charge on any atom is -0.353 e.